The molecule has 1 rings (SSSR count). The fourth-order valence-electron chi connectivity index (χ4n) is 1.60. The normalized spacial score (nSPS) is 9.89. The van der Waals surface area contributed by atoms with Gasteiger partial charge >= 0.3 is 5.97 Å². The molecule has 0 saturated carbocycles. The van der Waals surface area contributed by atoms with Crippen molar-refractivity contribution >= 4 is 17.3 Å². The highest BCUT2D eigenvalue weighted by Gasteiger charge is 2.11. The molecule has 0 saturated heterocycles. The van der Waals surface area contributed by atoms with Crippen molar-refractivity contribution in [1.82, 2.24) is 0 Å². The van der Waals surface area contributed by atoms with Crippen molar-refractivity contribution in [2.75, 3.05) is 25.1 Å². The van der Waals surface area contributed by atoms with Crippen molar-refractivity contribution in [3.8, 4) is 0 Å². The fraction of sp³-hybridized carbons (Fsp3) is 0.417. The van der Waals surface area contributed by atoms with Gasteiger partial charge in [-0.3, -0.25) is 14.9 Å². The number of hydrogen-bond donors (Lipinski definition) is 0. The second-order valence-electron chi connectivity index (χ2n) is 3.68. The minimum Gasteiger partial charge on any atom is -0.469 e. The minimum atomic E-state index is -0.433. The summed E-state index contributed by atoms with van der Waals surface area (Å²) in [6.07, 6.45) is 0.257. The lowest BCUT2D eigenvalue weighted by Crippen LogP contribution is -2.26. The molecule has 0 radical (unpaired) electrons. The van der Waals surface area contributed by atoms with Crippen LogP contribution in [0.3, 0.4) is 0 Å². The summed E-state index contributed by atoms with van der Waals surface area (Å²) in [7, 11) is 1.34. The Morgan fingerprint density at radius 1 is 1.50 bits per heavy atom. The third-order valence-corrected chi connectivity index (χ3v) is 2.60. The summed E-state index contributed by atoms with van der Waals surface area (Å²) in [6, 6.07) is 6.36. The van der Waals surface area contributed by atoms with Gasteiger partial charge in [-0.25, -0.2) is 0 Å². The Balaban J connectivity index is 2.78. The van der Waals surface area contributed by atoms with Gasteiger partial charge < -0.3 is 9.64 Å². The number of nitro groups is 1. The summed E-state index contributed by atoms with van der Waals surface area (Å²) in [6.45, 7) is 3.07. The molecule has 0 unspecified atom stereocenters. The molecule has 0 N–H and O–H groups in total. The molecule has 0 aliphatic heterocycles. The Labute approximate surface area is 105 Å². The van der Waals surface area contributed by atoms with Crippen molar-refractivity contribution in [2.45, 2.75) is 13.3 Å². The first-order valence-electron chi connectivity index (χ1n) is 5.64. The first-order valence-corrected chi connectivity index (χ1v) is 5.64. The van der Waals surface area contributed by atoms with E-state index in [0.29, 0.717) is 13.1 Å². The van der Waals surface area contributed by atoms with Crippen molar-refractivity contribution in [2.24, 2.45) is 0 Å². The molecule has 0 amide bonds. The fourth-order valence-corrected chi connectivity index (χ4v) is 1.60. The highest BCUT2D eigenvalue weighted by atomic mass is 16.6. The lowest BCUT2D eigenvalue weighted by Gasteiger charge is -2.22. The van der Waals surface area contributed by atoms with Crippen molar-refractivity contribution in [3.63, 3.8) is 0 Å². The van der Waals surface area contributed by atoms with Crippen molar-refractivity contribution in [3.05, 3.63) is 34.4 Å². The zero-order valence-corrected chi connectivity index (χ0v) is 10.5. The highest BCUT2D eigenvalue weighted by molar-refractivity contribution is 5.70. The van der Waals surface area contributed by atoms with Crippen LogP contribution >= 0.6 is 0 Å². The number of hydrogen-bond acceptors (Lipinski definition) is 5. The van der Waals surface area contributed by atoms with Gasteiger partial charge in [0.25, 0.3) is 5.69 Å². The van der Waals surface area contributed by atoms with E-state index in [1.807, 2.05) is 11.8 Å². The number of methoxy groups -OCH3 is 1. The molecule has 98 valence electrons. The molecule has 0 spiro atoms. The summed E-state index contributed by atoms with van der Waals surface area (Å²) < 4.78 is 4.57. The molecule has 0 aliphatic carbocycles. The first kappa shape index (κ1) is 14.0. The molecule has 0 heterocycles. The monoisotopic (exact) mass is 252 g/mol. The number of benzene rings is 1. The van der Waals surface area contributed by atoms with Gasteiger partial charge in [0.15, 0.2) is 0 Å². The standard InChI is InChI=1S/C12H16N2O4/c1-3-13(8-7-12(15)18-2)10-5-4-6-11(9-10)14(16)17/h4-6,9H,3,7-8H2,1-2H3. The number of rotatable bonds is 6. The summed E-state index contributed by atoms with van der Waals surface area (Å²) in [5.74, 6) is -0.293. The van der Waals surface area contributed by atoms with Gasteiger partial charge in [-0.2, -0.15) is 0 Å². The van der Waals surface area contributed by atoms with Crippen LogP contribution in [0, 0.1) is 10.1 Å². The van der Waals surface area contributed by atoms with Crippen molar-refractivity contribution in [1.29, 1.82) is 0 Å². The summed E-state index contributed by atoms with van der Waals surface area (Å²) >= 11 is 0. The molecule has 6 heteroatoms. The van der Waals surface area contributed by atoms with E-state index in [1.165, 1.54) is 19.2 Å². The number of carbonyl (C=O) groups excluding carboxylic acids is 1. The lowest BCUT2D eigenvalue weighted by atomic mass is 10.2. The Morgan fingerprint density at radius 2 is 2.22 bits per heavy atom. The highest BCUT2D eigenvalue weighted by Crippen LogP contribution is 2.21. The van der Waals surface area contributed by atoms with E-state index in [4.69, 9.17) is 0 Å². The van der Waals surface area contributed by atoms with E-state index in [9.17, 15) is 14.9 Å². The Morgan fingerprint density at radius 3 is 2.78 bits per heavy atom. The van der Waals surface area contributed by atoms with E-state index in [-0.39, 0.29) is 18.1 Å². The first-order chi connectivity index (χ1) is 8.58. The maximum absolute atomic E-state index is 11.1. The molecule has 0 atom stereocenters. The van der Waals surface area contributed by atoms with Gasteiger partial charge in [-0.1, -0.05) is 6.07 Å². The smallest absolute Gasteiger partial charge is 0.307 e. The third-order valence-electron chi connectivity index (χ3n) is 2.60. The van der Waals surface area contributed by atoms with E-state index in [2.05, 4.69) is 4.74 Å². The number of nitro benzene ring substituents is 1. The van der Waals surface area contributed by atoms with Gasteiger partial charge in [-0.05, 0) is 13.0 Å². The van der Waals surface area contributed by atoms with E-state index >= 15 is 0 Å². The van der Waals surface area contributed by atoms with Gasteiger partial charge in [0.2, 0.25) is 0 Å². The lowest BCUT2D eigenvalue weighted by molar-refractivity contribution is -0.384. The van der Waals surface area contributed by atoms with Crippen LogP contribution in [0.25, 0.3) is 0 Å². The van der Waals surface area contributed by atoms with Crippen LogP contribution in [0.1, 0.15) is 13.3 Å². The average Bonchev–Trinajstić information content (AvgIpc) is 2.39. The summed E-state index contributed by atoms with van der Waals surface area (Å²) in [5.41, 5.74) is 0.777. The maximum Gasteiger partial charge on any atom is 0.307 e. The second kappa shape index (κ2) is 6.58. The third kappa shape index (κ3) is 3.73. The van der Waals surface area contributed by atoms with E-state index in [1.54, 1.807) is 12.1 Å². The largest absolute Gasteiger partial charge is 0.469 e. The van der Waals surface area contributed by atoms with Crippen molar-refractivity contribution < 1.29 is 14.5 Å². The maximum atomic E-state index is 11.1. The molecule has 0 bridgehead atoms. The predicted octanol–water partition coefficient (Wildman–Crippen LogP) is 1.98. The Hall–Kier alpha value is -2.11. The van der Waals surface area contributed by atoms with Gasteiger partial charge in [0.05, 0.1) is 18.5 Å². The number of non-ortho nitro benzene ring substituents is 1. The minimum absolute atomic E-state index is 0.0454. The molecule has 18 heavy (non-hydrogen) atoms. The summed E-state index contributed by atoms with van der Waals surface area (Å²) in [5, 5.41) is 10.7. The number of esters is 1. The zero-order valence-electron chi connectivity index (χ0n) is 10.5. The number of ether oxygens (including phenoxy) is 1. The van der Waals surface area contributed by atoms with Crippen LogP contribution in [0.5, 0.6) is 0 Å². The quantitative estimate of drug-likeness (QED) is 0.439. The predicted molar refractivity (Wildman–Crippen MR) is 67.6 cm³/mol. The van der Waals surface area contributed by atoms with Crippen LogP contribution in [-0.2, 0) is 9.53 Å². The van der Waals surface area contributed by atoms with E-state index < -0.39 is 4.92 Å². The molecule has 6 nitrogen and oxygen atoms in total. The second-order valence-corrected chi connectivity index (χ2v) is 3.68. The van der Waals surface area contributed by atoms with Crippen LogP contribution in [0.4, 0.5) is 11.4 Å². The molecule has 0 aliphatic rings. The average molecular weight is 252 g/mol. The number of nitrogens with zero attached hydrogens (tertiary/aromatic N) is 2. The molecular formula is C12H16N2O4. The van der Waals surface area contributed by atoms with Gasteiger partial charge in [0, 0.05) is 30.9 Å². The number of carbonyl (C=O) groups is 1. The number of anilines is 1. The molecule has 1 aromatic rings. The molecular weight excluding hydrogens is 236 g/mol. The van der Waals surface area contributed by atoms with Crippen LogP contribution in [0.2, 0.25) is 0 Å². The SMILES string of the molecule is CCN(CCC(=O)OC)c1cccc([N+](=O)[O-])c1. The van der Waals surface area contributed by atoms with Gasteiger partial charge in [-0.15, -0.1) is 0 Å². The summed E-state index contributed by atoms with van der Waals surface area (Å²) in [4.78, 5) is 23.2. The molecule has 0 aromatic heterocycles. The van der Waals surface area contributed by atoms with E-state index in [0.717, 1.165) is 5.69 Å². The van der Waals surface area contributed by atoms with Gasteiger partial charge in [0.1, 0.15) is 0 Å². The Bertz CT molecular complexity index is 434. The topological polar surface area (TPSA) is 72.7 Å². The molecule has 0 fully saturated rings. The van der Waals surface area contributed by atoms with Crippen LogP contribution in [0.15, 0.2) is 24.3 Å². The molecule has 1 aromatic carbocycles. The van der Waals surface area contributed by atoms with Crippen LogP contribution in [-0.4, -0.2) is 31.1 Å². The Kier molecular flexibility index (Phi) is 5.10. The zero-order chi connectivity index (χ0) is 13.5. The van der Waals surface area contributed by atoms with Crippen LogP contribution < -0.4 is 4.90 Å².